The van der Waals surface area contributed by atoms with Gasteiger partial charge in [-0.25, -0.2) is 0 Å². The Morgan fingerprint density at radius 2 is 1.96 bits per heavy atom. The Morgan fingerprint density at radius 1 is 1.22 bits per heavy atom. The second kappa shape index (κ2) is 6.32. The molecule has 1 saturated heterocycles. The molecule has 6 heteroatoms. The number of imide groups is 1. The Kier molecular flexibility index (Phi) is 4.23. The van der Waals surface area contributed by atoms with Gasteiger partial charge in [-0.1, -0.05) is 0 Å². The molecule has 2 aliphatic rings. The number of nitrogens with one attached hydrogen (secondary N) is 1. The maximum atomic E-state index is 12.3. The third-order valence-electron chi connectivity index (χ3n) is 4.22. The summed E-state index contributed by atoms with van der Waals surface area (Å²) in [6, 6.07) is 3.81. The fourth-order valence-electron chi connectivity index (χ4n) is 3.02. The highest BCUT2D eigenvalue weighted by Crippen LogP contribution is 2.34. The van der Waals surface area contributed by atoms with Crippen molar-refractivity contribution in [3.05, 3.63) is 29.3 Å². The van der Waals surface area contributed by atoms with Gasteiger partial charge in [-0.05, 0) is 30.5 Å². The highest BCUT2D eigenvalue weighted by Gasteiger charge is 2.26. The molecule has 6 nitrogen and oxygen atoms in total. The number of ether oxygens (including phenoxy) is 2. The molecule has 2 aliphatic heterocycles. The van der Waals surface area contributed by atoms with Gasteiger partial charge in [0.25, 0.3) is 5.91 Å². The van der Waals surface area contributed by atoms with Crippen LogP contribution in [0.5, 0.6) is 11.5 Å². The molecule has 1 aromatic carbocycles. The monoisotopic (exact) mass is 316 g/mol. The summed E-state index contributed by atoms with van der Waals surface area (Å²) >= 11 is 0. The van der Waals surface area contributed by atoms with Gasteiger partial charge in [0.15, 0.2) is 11.5 Å². The van der Waals surface area contributed by atoms with Crippen molar-refractivity contribution in [3.63, 3.8) is 0 Å². The van der Waals surface area contributed by atoms with Crippen LogP contribution in [-0.4, -0.2) is 44.0 Å². The summed E-state index contributed by atoms with van der Waals surface area (Å²) in [5, 5.41) is 3.24. The first kappa shape index (κ1) is 15.4. The average Bonchev–Trinajstić information content (AvgIpc) is 3.00. The van der Waals surface area contributed by atoms with Gasteiger partial charge in [0.2, 0.25) is 5.91 Å². The lowest BCUT2D eigenvalue weighted by Gasteiger charge is -2.23. The molecule has 0 aromatic heterocycles. The van der Waals surface area contributed by atoms with Gasteiger partial charge in [-0.3, -0.25) is 14.5 Å². The van der Waals surface area contributed by atoms with Gasteiger partial charge < -0.3 is 14.8 Å². The van der Waals surface area contributed by atoms with Crippen molar-refractivity contribution < 1.29 is 19.1 Å². The Labute approximate surface area is 135 Å². The molecule has 23 heavy (non-hydrogen) atoms. The van der Waals surface area contributed by atoms with Crippen LogP contribution in [0.2, 0.25) is 0 Å². The van der Waals surface area contributed by atoms with E-state index in [1.165, 1.54) is 11.0 Å². The van der Waals surface area contributed by atoms with E-state index in [2.05, 4.69) is 5.32 Å². The molecule has 0 aliphatic carbocycles. The molecule has 0 atom stereocenters. The Bertz CT molecular complexity index is 681. The van der Waals surface area contributed by atoms with Crippen LogP contribution in [0.25, 0.3) is 5.70 Å². The molecular formula is C17H20N2O4. The lowest BCUT2D eigenvalue weighted by atomic mass is 9.96. The molecule has 122 valence electrons. The molecule has 0 bridgehead atoms. The van der Waals surface area contributed by atoms with E-state index < -0.39 is 0 Å². The normalized spacial score (nSPS) is 18.6. The van der Waals surface area contributed by atoms with Crippen LogP contribution < -0.4 is 14.8 Å². The maximum absolute atomic E-state index is 12.3. The molecule has 2 heterocycles. The second-order valence-corrected chi connectivity index (χ2v) is 5.59. The van der Waals surface area contributed by atoms with Crippen molar-refractivity contribution >= 4 is 17.5 Å². The van der Waals surface area contributed by atoms with E-state index in [1.807, 2.05) is 12.1 Å². The number of benzene rings is 1. The molecule has 1 aromatic rings. The molecular weight excluding hydrogens is 296 g/mol. The first-order chi connectivity index (χ1) is 11.1. The highest BCUT2D eigenvalue weighted by atomic mass is 16.5. The number of hydrogen-bond donors (Lipinski definition) is 1. The number of methoxy groups -OCH3 is 2. The van der Waals surface area contributed by atoms with Crippen LogP contribution in [0.1, 0.15) is 24.0 Å². The van der Waals surface area contributed by atoms with Gasteiger partial charge in [-0.2, -0.15) is 0 Å². The van der Waals surface area contributed by atoms with E-state index in [1.54, 1.807) is 14.2 Å². The van der Waals surface area contributed by atoms with Gasteiger partial charge in [0.1, 0.15) is 0 Å². The number of fused-ring (bicyclic) bond motifs is 1. The van der Waals surface area contributed by atoms with Crippen molar-refractivity contribution in [1.82, 2.24) is 10.2 Å². The van der Waals surface area contributed by atoms with Crippen molar-refractivity contribution in [3.8, 4) is 11.5 Å². The van der Waals surface area contributed by atoms with Crippen LogP contribution in [0.3, 0.4) is 0 Å². The number of nitrogens with zero attached hydrogens (tertiary/aromatic N) is 1. The second-order valence-electron chi connectivity index (χ2n) is 5.59. The number of likely N-dealkylation sites (tertiary alicyclic amines) is 1. The number of hydrogen-bond acceptors (Lipinski definition) is 5. The highest BCUT2D eigenvalue weighted by molar-refractivity contribution is 6.05. The number of carbonyl (C=O) groups is 2. The zero-order chi connectivity index (χ0) is 16.4. The van der Waals surface area contributed by atoms with Gasteiger partial charge in [0.05, 0.1) is 14.2 Å². The van der Waals surface area contributed by atoms with Crippen LogP contribution >= 0.6 is 0 Å². The molecule has 3 rings (SSSR count). The topological polar surface area (TPSA) is 67.9 Å². The Morgan fingerprint density at radius 3 is 2.61 bits per heavy atom. The minimum atomic E-state index is -0.266. The van der Waals surface area contributed by atoms with E-state index >= 15 is 0 Å². The molecule has 1 fully saturated rings. The third kappa shape index (κ3) is 2.88. The van der Waals surface area contributed by atoms with E-state index in [-0.39, 0.29) is 11.8 Å². The summed E-state index contributed by atoms with van der Waals surface area (Å²) < 4.78 is 10.7. The van der Waals surface area contributed by atoms with Crippen molar-refractivity contribution in [2.45, 2.75) is 19.3 Å². The average molecular weight is 316 g/mol. The van der Waals surface area contributed by atoms with Crippen LogP contribution in [0.4, 0.5) is 0 Å². The zero-order valence-corrected chi connectivity index (χ0v) is 13.3. The van der Waals surface area contributed by atoms with Crippen molar-refractivity contribution in [1.29, 1.82) is 0 Å². The zero-order valence-electron chi connectivity index (χ0n) is 13.3. The number of amides is 2. The van der Waals surface area contributed by atoms with Gasteiger partial charge in [-0.15, -0.1) is 0 Å². The first-order valence-corrected chi connectivity index (χ1v) is 7.69. The van der Waals surface area contributed by atoms with Gasteiger partial charge >= 0.3 is 0 Å². The fraction of sp³-hybridized carbons (Fsp3) is 0.412. The van der Waals surface area contributed by atoms with E-state index in [0.717, 1.165) is 36.2 Å². The smallest absolute Gasteiger partial charge is 0.255 e. The summed E-state index contributed by atoms with van der Waals surface area (Å²) in [4.78, 5) is 25.4. The van der Waals surface area contributed by atoms with E-state index in [4.69, 9.17) is 9.47 Å². The minimum absolute atomic E-state index is 0.102. The SMILES string of the molecule is COc1cc2c(cc1OC)C(=CC(=O)N1CCCC1=O)NCC2. The number of rotatable bonds is 3. The lowest BCUT2D eigenvalue weighted by molar-refractivity contribution is -0.138. The predicted molar refractivity (Wildman–Crippen MR) is 85.2 cm³/mol. The Hall–Kier alpha value is -2.50. The quantitative estimate of drug-likeness (QED) is 0.852. The minimum Gasteiger partial charge on any atom is -0.493 e. The lowest BCUT2D eigenvalue weighted by Crippen LogP contribution is -2.32. The molecule has 0 spiro atoms. The molecule has 0 saturated carbocycles. The summed E-state index contributed by atoms with van der Waals surface area (Å²) in [5.41, 5.74) is 2.72. The van der Waals surface area contributed by atoms with Crippen LogP contribution in [-0.2, 0) is 16.0 Å². The third-order valence-corrected chi connectivity index (χ3v) is 4.22. The Balaban J connectivity index is 1.96. The van der Waals surface area contributed by atoms with E-state index in [0.29, 0.717) is 24.5 Å². The molecule has 1 N–H and O–H groups in total. The molecule has 0 radical (unpaired) electrons. The first-order valence-electron chi connectivity index (χ1n) is 7.69. The van der Waals surface area contributed by atoms with E-state index in [9.17, 15) is 9.59 Å². The van der Waals surface area contributed by atoms with Crippen molar-refractivity contribution in [2.75, 3.05) is 27.3 Å². The van der Waals surface area contributed by atoms with Crippen molar-refractivity contribution in [2.24, 2.45) is 0 Å². The standard InChI is InChI=1S/C17H20N2O4/c1-22-14-8-11-5-6-18-13(12(11)9-15(14)23-2)10-17(21)19-7-3-4-16(19)20/h8-10,18H,3-7H2,1-2H3. The summed E-state index contributed by atoms with van der Waals surface area (Å²) in [7, 11) is 3.18. The van der Waals surface area contributed by atoms with Crippen LogP contribution in [0, 0.1) is 0 Å². The summed E-state index contributed by atoms with van der Waals surface area (Å²) in [6.45, 7) is 1.23. The fourth-order valence-corrected chi connectivity index (χ4v) is 3.02. The summed E-state index contributed by atoms with van der Waals surface area (Å²) in [5.74, 6) is 0.923. The molecule has 0 unspecified atom stereocenters. The van der Waals surface area contributed by atoms with Gasteiger partial charge in [0, 0.05) is 36.8 Å². The summed E-state index contributed by atoms with van der Waals surface area (Å²) in [6.07, 6.45) is 3.53. The largest absolute Gasteiger partial charge is 0.493 e. The predicted octanol–water partition coefficient (Wildman–Crippen LogP) is 1.34. The van der Waals surface area contributed by atoms with Crippen LogP contribution in [0.15, 0.2) is 18.2 Å². The maximum Gasteiger partial charge on any atom is 0.255 e. The number of carbonyl (C=O) groups excluding carboxylic acids is 2. The molecule has 2 amide bonds.